The van der Waals surface area contributed by atoms with Gasteiger partial charge in [-0.05, 0) is 83.0 Å². The normalized spacial score (nSPS) is 10.3. The number of hydrogen-bond acceptors (Lipinski definition) is 3. The number of carbonyl (C=O) groups is 1. The van der Waals surface area contributed by atoms with Gasteiger partial charge in [0.2, 0.25) is 0 Å². The Bertz CT molecular complexity index is 923. The second kappa shape index (κ2) is 8.06. The van der Waals surface area contributed by atoms with Gasteiger partial charge in [-0.1, -0.05) is 12.1 Å². The van der Waals surface area contributed by atoms with Gasteiger partial charge in [-0.25, -0.2) is 0 Å². The average Bonchev–Trinajstić information content (AvgIpc) is 2.63. The van der Waals surface area contributed by atoms with E-state index in [1.165, 1.54) is 0 Å². The summed E-state index contributed by atoms with van der Waals surface area (Å²) in [4.78, 5) is 12.4. The number of aryl methyl sites for hydroxylation is 1. The van der Waals surface area contributed by atoms with E-state index < -0.39 is 0 Å². The van der Waals surface area contributed by atoms with Crippen molar-refractivity contribution >= 4 is 27.5 Å². The fourth-order valence-corrected chi connectivity index (χ4v) is 2.97. The van der Waals surface area contributed by atoms with E-state index >= 15 is 0 Å². The molecule has 3 aromatic rings. The lowest BCUT2D eigenvalue weighted by Gasteiger charge is -2.09. The molecule has 0 aromatic heterocycles. The lowest BCUT2D eigenvalue weighted by atomic mass is 10.2. The summed E-state index contributed by atoms with van der Waals surface area (Å²) in [6.45, 7) is 2.02. The first-order valence-corrected chi connectivity index (χ1v) is 8.84. The molecule has 1 amide bonds. The highest BCUT2D eigenvalue weighted by Crippen LogP contribution is 2.27. The third-order valence-corrected chi connectivity index (χ3v) is 4.37. The molecule has 5 heteroatoms. The molecule has 0 radical (unpaired) electrons. The monoisotopic (exact) mass is 411 g/mol. The van der Waals surface area contributed by atoms with Crippen molar-refractivity contribution in [3.63, 3.8) is 0 Å². The van der Waals surface area contributed by atoms with Gasteiger partial charge in [-0.2, -0.15) is 0 Å². The van der Waals surface area contributed by atoms with Crippen LogP contribution in [0.2, 0.25) is 0 Å². The molecular formula is C21H18BrNO3. The Morgan fingerprint density at radius 2 is 1.73 bits per heavy atom. The van der Waals surface area contributed by atoms with Crippen molar-refractivity contribution in [1.29, 1.82) is 0 Å². The van der Waals surface area contributed by atoms with E-state index in [1.807, 2.05) is 55.5 Å². The van der Waals surface area contributed by atoms with E-state index in [4.69, 9.17) is 9.47 Å². The van der Waals surface area contributed by atoms with Crippen LogP contribution in [-0.2, 0) is 0 Å². The maximum Gasteiger partial charge on any atom is 0.255 e. The molecule has 0 saturated carbocycles. The number of nitrogens with one attached hydrogen (secondary N) is 1. The molecule has 0 unspecified atom stereocenters. The van der Waals surface area contributed by atoms with E-state index in [1.54, 1.807) is 25.3 Å². The molecule has 0 aliphatic rings. The Balaban J connectivity index is 1.67. The van der Waals surface area contributed by atoms with Crippen LogP contribution in [0.1, 0.15) is 15.9 Å². The molecule has 3 rings (SSSR count). The predicted molar refractivity (Wildman–Crippen MR) is 106 cm³/mol. The third kappa shape index (κ3) is 4.43. The maximum absolute atomic E-state index is 12.4. The van der Waals surface area contributed by atoms with Crippen LogP contribution in [0.5, 0.6) is 17.2 Å². The number of benzene rings is 3. The van der Waals surface area contributed by atoms with Crippen LogP contribution in [0, 0.1) is 6.92 Å². The molecule has 132 valence electrons. The molecule has 0 saturated heterocycles. The summed E-state index contributed by atoms with van der Waals surface area (Å²) in [5.74, 6) is 1.98. The summed E-state index contributed by atoms with van der Waals surface area (Å²) in [5, 5.41) is 2.87. The van der Waals surface area contributed by atoms with E-state index in [0.717, 1.165) is 15.8 Å². The van der Waals surface area contributed by atoms with Crippen molar-refractivity contribution in [3.8, 4) is 17.2 Å². The Kier molecular flexibility index (Phi) is 5.58. The van der Waals surface area contributed by atoms with Crippen LogP contribution in [-0.4, -0.2) is 13.0 Å². The minimum absolute atomic E-state index is 0.194. The second-order valence-corrected chi connectivity index (χ2v) is 6.60. The molecule has 3 aromatic carbocycles. The highest BCUT2D eigenvalue weighted by Gasteiger charge is 2.09. The summed E-state index contributed by atoms with van der Waals surface area (Å²) in [7, 11) is 1.58. The van der Waals surface area contributed by atoms with Gasteiger partial charge >= 0.3 is 0 Å². The summed E-state index contributed by atoms with van der Waals surface area (Å²) < 4.78 is 11.7. The zero-order chi connectivity index (χ0) is 18.5. The molecule has 0 aliphatic carbocycles. The van der Waals surface area contributed by atoms with Crippen LogP contribution in [0.4, 0.5) is 5.69 Å². The Hall–Kier alpha value is -2.79. The average molecular weight is 412 g/mol. The summed E-state index contributed by atoms with van der Waals surface area (Å²) in [5.41, 5.74) is 2.37. The first kappa shape index (κ1) is 18.0. The standard InChI is InChI=1S/C21H18BrNO3/c1-14-4-3-5-18(12-14)26-17-9-7-16(8-10-17)23-21(24)15-6-11-20(25-2)19(22)13-15/h3-13H,1-2H3,(H,23,24). The number of amides is 1. The summed E-state index contributed by atoms with van der Waals surface area (Å²) in [6, 6.07) is 20.3. The van der Waals surface area contributed by atoms with Crippen molar-refractivity contribution in [1.82, 2.24) is 0 Å². The first-order valence-electron chi connectivity index (χ1n) is 8.04. The summed E-state index contributed by atoms with van der Waals surface area (Å²) >= 11 is 3.39. The Morgan fingerprint density at radius 1 is 0.962 bits per heavy atom. The molecule has 4 nitrogen and oxygen atoms in total. The van der Waals surface area contributed by atoms with E-state index in [9.17, 15) is 4.79 Å². The molecule has 0 atom stereocenters. The highest BCUT2D eigenvalue weighted by molar-refractivity contribution is 9.10. The lowest BCUT2D eigenvalue weighted by Crippen LogP contribution is -2.11. The molecule has 0 bridgehead atoms. The minimum atomic E-state index is -0.194. The minimum Gasteiger partial charge on any atom is -0.496 e. The van der Waals surface area contributed by atoms with Gasteiger partial charge in [0.1, 0.15) is 17.2 Å². The fourth-order valence-electron chi connectivity index (χ4n) is 2.43. The first-order chi connectivity index (χ1) is 12.5. The van der Waals surface area contributed by atoms with E-state index in [0.29, 0.717) is 22.7 Å². The van der Waals surface area contributed by atoms with Gasteiger partial charge in [0.25, 0.3) is 5.91 Å². The van der Waals surface area contributed by atoms with Crippen LogP contribution in [0.25, 0.3) is 0 Å². The van der Waals surface area contributed by atoms with Crippen LogP contribution in [0.15, 0.2) is 71.2 Å². The molecule has 0 aliphatic heterocycles. The highest BCUT2D eigenvalue weighted by atomic mass is 79.9. The molecule has 1 N–H and O–H groups in total. The number of methoxy groups -OCH3 is 1. The summed E-state index contributed by atoms with van der Waals surface area (Å²) in [6.07, 6.45) is 0. The van der Waals surface area contributed by atoms with Crippen molar-refractivity contribution in [3.05, 3.63) is 82.3 Å². The lowest BCUT2D eigenvalue weighted by molar-refractivity contribution is 0.102. The molecule has 0 spiro atoms. The number of carbonyl (C=O) groups excluding carboxylic acids is 1. The van der Waals surface area contributed by atoms with Crippen molar-refractivity contribution in [2.45, 2.75) is 6.92 Å². The van der Waals surface area contributed by atoms with Gasteiger partial charge in [0, 0.05) is 11.3 Å². The van der Waals surface area contributed by atoms with E-state index in [2.05, 4.69) is 21.2 Å². The van der Waals surface area contributed by atoms with Crippen molar-refractivity contribution in [2.24, 2.45) is 0 Å². The maximum atomic E-state index is 12.4. The Morgan fingerprint density at radius 3 is 2.38 bits per heavy atom. The van der Waals surface area contributed by atoms with Crippen LogP contribution >= 0.6 is 15.9 Å². The van der Waals surface area contributed by atoms with Gasteiger partial charge in [0.05, 0.1) is 11.6 Å². The smallest absolute Gasteiger partial charge is 0.255 e. The predicted octanol–water partition coefficient (Wildman–Crippen LogP) is 5.81. The van der Waals surface area contributed by atoms with Gasteiger partial charge in [-0.15, -0.1) is 0 Å². The zero-order valence-corrected chi connectivity index (χ0v) is 16.0. The number of halogens is 1. The third-order valence-electron chi connectivity index (χ3n) is 3.75. The Labute approximate surface area is 160 Å². The van der Waals surface area contributed by atoms with Crippen LogP contribution < -0.4 is 14.8 Å². The quantitative estimate of drug-likeness (QED) is 0.575. The van der Waals surface area contributed by atoms with Crippen LogP contribution in [0.3, 0.4) is 0 Å². The van der Waals surface area contributed by atoms with E-state index in [-0.39, 0.29) is 5.91 Å². The molecule has 26 heavy (non-hydrogen) atoms. The molecular weight excluding hydrogens is 394 g/mol. The van der Waals surface area contributed by atoms with Crippen molar-refractivity contribution < 1.29 is 14.3 Å². The molecule has 0 fully saturated rings. The zero-order valence-electron chi connectivity index (χ0n) is 14.5. The largest absolute Gasteiger partial charge is 0.496 e. The van der Waals surface area contributed by atoms with Gasteiger partial charge in [0.15, 0.2) is 0 Å². The topological polar surface area (TPSA) is 47.6 Å². The number of rotatable bonds is 5. The molecule has 0 heterocycles. The SMILES string of the molecule is COc1ccc(C(=O)Nc2ccc(Oc3cccc(C)c3)cc2)cc1Br. The number of anilines is 1. The second-order valence-electron chi connectivity index (χ2n) is 5.75. The van der Waals surface area contributed by atoms with Crippen molar-refractivity contribution in [2.75, 3.05) is 12.4 Å². The fraction of sp³-hybridized carbons (Fsp3) is 0.0952. The van der Waals surface area contributed by atoms with Gasteiger partial charge < -0.3 is 14.8 Å². The number of hydrogen-bond donors (Lipinski definition) is 1. The number of ether oxygens (including phenoxy) is 2. The van der Waals surface area contributed by atoms with Gasteiger partial charge in [-0.3, -0.25) is 4.79 Å².